The number of hydrogen-bond donors (Lipinski definition) is 16. The highest BCUT2D eigenvalue weighted by molar-refractivity contribution is 5.76. The molecule has 0 radical (unpaired) electrons. The first kappa shape index (κ1) is 81.1. The molecule has 4 aromatic rings. The number of aliphatic hydroxyl groups excluding tert-OH is 7. The molecule has 8 rings (SSSR count). The second-order valence-electron chi connectivity index (χ2n) is 23.9. The van der Waals surface area contributed by atoms with E-state index in [9.17, 15) is 73.8 Å². The molecule has 99 heavy (non-hydrogen) atoms. The van der Waals surface area contributed by atoms with Gasteiger partial charge in [-0.05, 0) is 30.2 Å². The lowest BCUT2D eigenvalue weighted by Crippen LogP contribution is -2.43. The van der Waals surface area contributed by atoms with Crippen molar-refractivity contribution in [2.75, 3.05) is 48.3 Å². The van der Waals surface area contributed by atoms with Crippen molar-refractivity contribution < 1.29 is 123 Å². The minimum atomic E-state index is -1.44. The van der Waals surface area contributed by atoms with Gasteiger partial charge in [-0.1, -0.05) is 69.2 Å². The normalized spacial score (nSPS) is 26.5. The number of aromatic nitrogens is 8. The first-order valence-electron chi connectivity index (χ1n) is 30.6. The Morgan fingerprint density at radius 2 is 0.697 bits per heavy atom. The lowest BCUT2D eigenvalue weighted by Gasteiger charge is -2.26. The Hall–Kier alpha value is -8.57. The zero-order chi connectivity index (χ0) is 74.0. The van der Waals surface area contributed by atoms with Crippen LogP contribution in [-0.2, 0) is 66.6 Å². The van der Waals surface area contributed by atoms with Gasteiger partial charge >= 0.3 is 52.6 Å². The molecule has 0 bridgehead atoms. The van der Waals surface area contributed by atoms with Crippen molar-refractivity contribution in [3.8, 4) is 0 Å². The summed E-state index contributed by atoms with van der Waals surface area (Å²) < 4.78 is 52.3. The Kier molecular flexibility index (Phi) is 30.3. The molecule has 4 saturated heterocycles. The molecule has 4 fully saturated rings. The molecule has 552 valence electrons. The summed E-state index contributed by atoms with van der Waals surface area (Å²) in [6.07, 6.45) is -14.3. The van der Waals surface area contributed by atoms with E-state index in [1.54, 1.807) is 91.2 Å². The fourth-order valence-corrected chi connectivity index (χ4v) is 9.05. The predicted octanol–water partition coefficient (Wildman–Crippen LogP) is -4.01. The van der Waals surface area contributed by atoms with Gasteiger partial charge in [0.25, 0.3) is 0 Å². The summed E-state index contributed by atoms with van der Waals surface area (Å²) in [4.78, 5) is 122. The van der Waals surface area contributed by atoms with Gasteiger partial charge in [0.2, 0.25) is 0 Å². The lowest BCUT2D eigenvalue weighted by molar-refractivity contribution is -0.173. The first-order valence-corrected chi connectivity index (χ1v) is 30.6. The maximum Gasteiger partial charge on any atom is 0.351 e. The smallest absolute Gasteiger partial charge is 0.351 e. The van der Waals surface area contributed by atoms with E-state index in [2.05, 4.69) is 19.9 Å². The second kappa shape index (κ2) is 37.0. The molecule has 0 aromatic carbocycles. The average molecular weight is 1420 g/mol. The Morgan fingerprint density at radius 3 is 0.980 bits per heavy atom. The van der Waals surface area contributed by atoms with Gasteiger partial charge in [-0.25, -0.2) is 19.2 Å². The topological polar surface area (TPSA) is 605 Å². The molecule has 17 atom stereocenters. The van der Waals surface area contributed by atoms with Crippen molar-refractivity contribution >= 4 is 53.1 Å². The summed E-state index contributed by atoms with van der Waals surface area (Å²) in [5, 5.41) is 103. The minimum Gasteiger partial charge on any atom is -0.463 e. The number of nitrogens with zero attached hydrogens (tertiary/aromatic N) is 8. The summed E-state index contributed by atoms with van der Waals surface area (Å²) in [6, 6.07) is 4.34. The summed E-state index contributed by atoms with van der Waals surface area (Å²) in [5.74, 6) is -4.97. The number of ether oxygens (including phenoxy) is 9. The molecule has 42 nitrogen and oxygen atoms in total. The molecular weight excluding hydrogens is 1330 g/mol. The van der Waals surface area contributed by atoms with Crippen LogP contribution in [0.4, 0.5) is 23.3 Å². The van der Waals surface area contributed by atoms with E-state index in [0.717, 1.165) is 18.3 Å². The van der Waals surface area contributed by atoms with Gasteiger partial charge in [0, 0.05) is 24.8 Å². The second-order valence-corrected chi connectivity index (χ2v) is 23.9. The van der Waals surface area contributed by atoms with E-state index in [1.807, 2.05) is 0 Å². The maximum absolute atomic E-state index is 12.5. The molecule has 0 unspecified atom stereocenters. The van der Waals surface area contributed by atoms with Gasteiger partial charge in [0.05, 0.1) is 30.3 Å². The van der Waals surface area contributed by atoms with Crippen molar-refractivity contribution in [3.05, 3.63) is 91.0 Å². The third-order valence-electron chi connectivity index (χ3n) is 14.9. The van der Waals surface area contributed by atoms with Crippen LogP contribution in [0.25, 0.3) is 0 Å². The van der Waals surface area contributed by atoms with Crippen LogP contribution in [0.2, 0.25) is 0 Å². The van der Waals surface area contributed by atoms with Gasteiger partial charge < -0.3 is 84.1 Å². The van der Waals surface area contributed by atoms with Gasteiger partial charge in [0.15, 0.2) is 60.4 Å². The number of esters is 5. The summed E-state index contributed by atoms with van der Waals surface area (Å²) in [6.45, 7) is 15.3. The molecule has 4 aliphatic heterocycles. The number of nitrogens with one attached hydrogen (secondary N) is 4. The third kappa shape index (κ3) is 21.0. The largest absolute Gasteiger partial charge is 0.463 e. The minimum absolute atomic E-state index is 0.0528. The summed E-state index contributed by atoms with van der Waals surface area (Å²) in [5.41, 5.74) is 9.39. The monoisotopic (exact) mass is 1420 g/mol. The van der Waals surface area contributed by atoms with E-state index >= 15 is 0 Å². The Morgan fingerprint density at radius 1 is 0.424 bits per heavy atom. The highest BCUT2D eigenvalue weighted by atomic mass is 16.7. The summed E-state index contributed by atoms with van der Waals surface area (Å²) in [7, 11) is 0. The predicted molar refractivity (Wildman–Crippen MR) is 329 cm³/mol. The molecule has 17 N–H and O–H groups in total. The SMILES string of the molecule is CC(C)C(=O)OC[C@H]1O[C@@H](n2ccc(NO)nc2=O)[C@H](O)[C@@H]1O.CC(C)C(=O)OC[C@H]1O[C@@H](n2ccc(NO)nc2=O)[C@H](OC(=O)C(C)C)[C@@H]1OC(=O)C(C)C.CC(C)[C@H](N)C(=O)OC[C@H]1O[C@@H](n2ccc(NO)nc2=O)[C@H](O)[C@@H]1O.O=c1nc(NO)ccn1[C@@H]1O[C@H](CO)[C@@H](O)[C@H]1O. The van der Waals surface area contributed by atoms with Crippen LogP contribution in [0, 0.1) is 29.6 Å². The highest BCUT2D eigenvalue weighted by Gasteiger charge is 2.52. The van der Waals surface area contributed by atoms with Crippen molar-refractivity contribution in [1.29, 1.82) is 0 Å². The Balaban J connectivity index is 0.000000243. The first-order chi connectivity index (χ1) is 46.6. The quantitative estimate of drug-likeness (QED) is 0.0191. The zero-order valence-corrected chi connectivity index (χ0v) is 55.1. The molecule has 0 amide bonds. The maximum atomic E-state index is 12.5. The molecule has 0 aliphatic carbocycles. The molecule has 42 heteroatoms. The lowest BCUT2D eigenvalue weighted by atomic mass is 10.1. The molecule has 0 saturated carbocycles. The zero-order valence-electron chi connectivity index (χ0n) is 55.1. The van der Waals surface area contributed by atoms with Crippen molar-refractivity contribution in [1.82, 2.24) is 38.2 Å². The third-order valence-corrected chi connectivity index (χ3v) is 14.9. The molecule has 4 aliphatic rings. The standard InChI is InChI=1S/C21H31N3O9.C14H22N4O7.C13H19N3O7.C9H13N3O6/c1-10(2)18(25)30-9-13-15(32-19(26)11(3)4)16(33-20(27)12(5)6)17(31-13)24-8-7-14(23-29)22-21(24)28;1-6(2)9(15)13(21)24-5-7-10(19)11(20)12(25-7)18-4-3-8(17-23)16-14(18)22;1-6(2)12(19)22-5-7-9(17)10(18)11(23-7)16-4-3-8(15-21)14-13(16)20;13-3-4-6(14)7(15)8(18-4)12-2-1-5(11-17)10-9(12)16/h7-8,10-13,15-17,29H,9H2,1-6H3,(H,22,23,28);3-4,6-7,9-12,19-20,23H,5,15H2,1-2H3,(H,16,17,22);3-4,6-7,9-11,17-18,21H,5H2,1-2H3,(H,14,15,20);1-2,4,6-8,13-15,17H,3H2,(H,10,11,16)/t13-,15-,16-,17-;7-,9+,10-,11-,12-;7-,9-,10-,11-;4-,6-,7-,8-/m1111/s1. The van der Waals surface area contributed by atoms with Crippen LogP contribution in [0.1, 0.15) is 94.1 Å². The summed E-state index contributed by atoms with van der Waals surface area (Å²) >= 11 is 0. The molecule has 4 aromatic heterocycles. The molecule has 8 heterocycles. The fourth-order valence-electron chi connectivity index (χ4n) is 9.05. The van der Waals surface area contributed by atoms with Gasteiger partial charge in [-0.3, -0.25) is 85.0 Å². The number of anilines is 4. The fraction of sp³-hybridized carbons (Fsp3) is 0.632. The van der Waals surface area contributed by atoms with Crippen LogP contribution >= 0.6 is 0 Å². The number of rotatable bonds is 23. The number of hydrogen-bond acceptors (Lipinski definition) is 38. The number of carbonyl (C=O) groups excluding carboxylic acids is 5. The van der Waals surface area contributed by atoms with Crippen LogP contribution in [0.3, 0.4) is 0 Å². The Bertz CT molecular complexity index is 3570. The van der Waals surface area contributed by atoms with Crippen LogP contribution in [0.15, 0.2) is 68.2 Å². The Labute approximate surface area is 561 Å². The van der Waals surface area contributed by atoms with E-state index in [1.165, 1.54) is 49.1 Å². The van der Waals surface area contributed by atoms with E-state index < -0.39 is 181 Å². The van der Waals surface area contributed by atoms with E-state index in [4.69, 9.17) is 74.3 Å². The highest BCUT2D eigenvalue weighted by Crippen LogP contribution is 2.36. The van der Waals surface area contributed by atoms with Gasteiger partial charge in [-0.15, -0.1) is 0 Å². The number of aliphatic hydroxyl groups is 7. The van der Waals surface area contributed by atoms with Crippen LogP contribution in [-0.4, -0.2) is 230 Å². The van der Waals surface area contributed by atoms with Crippen molar-refractivity contribution in [3.63, 3.8) is 0 Å². The van der Waals surface area contributed by atoms with Gasteiger partial charge in [0.1, 0.15) is 86.9 Å². The number of carbonyl (C=O) groups is 5. The van der Waals surface area contributed by atoms with E-state index in [0.29, 0.717) is 0 Å². The van der Waals surface area contributed by atoms with Crippen LogP contribution in [0.5, 0.6) is 0 Å². The van der Waals surface area contributed by atoms with Crippen molar-refractivity contribution in [2.24, 2.45) is 35.3 Å². The molecular formula is C57H85N13O29. The average Bonchev–Trinajstić information content (AvgIpc) is 1.65. The van der Waals surface area contributed by atoms with Gasteiger partial charge in [-0.2, -0.15) is 19.9 Å². The van der Waals surface area contributed by atoms with E-state index in [-0.39, 0.29) is 54.9 Å². The molecule has 0 spiro atoms. The van der Waals surface area contributed by atoms with Crippen molar-refractivity contribution in [2.45, 2.75) is 173 Å². The number of nitrogens with two attached hydrogens (primary N) is 1. The van der Waals surface area contributed by atoms with Crippen LogP contribution < -0.4 is 50.4 Å².